The lowest BCUT2D eigenvalue weighted by atomic mass is 10.2. The minimum atomic E-state index is 0.610. The van der Waals surface area contributed by atoms with Gasteiger partial charge < -0.3 is 10.6 Å². The lowest BCUT2D eigenvalue weighted by molar-refractivity contribution is 0.677. The minimum Gasteiger partial charge on any atom is -0.364 e. The molecule has 0 spiro atoms. The monoisotopic (exact) mass is 242 g/mol. The van der Waals surface area contributed by atoms with Crippen LogP contribution in [-0.2, 0) is 0 Å². The van der Waals surface area contributed by atoms with Crippen molar-refractivity contribution in [1.82, 2.24) is 0 Å². The number of thioether (sulfide) groups is 1. The third kappa shape index (κ3) is 2.41. The average molecular weight is 243 g/mol. The summed E-state index contributed by atoms with van der Waals surface area (Å²) in [6.07, 6.45) is 0. The first kappa shape index (κ1) is 11.1. The second-order valence-corrected chi connectivity index (χ2v) is 5.11. The van der Waals surface area contributed by atoms with Gasteiger partial charge in [-0.1, -0.05) is 23.7 Å². The van der Waals surface area contributed by atoms with E-state index >= 15 is 0 Å². The van der Waals surface area contributed by atoms with Crippen molar-refractivity contribution in [3.63, 3.8) is 0 Å². The molecule has 0 aromatic heterocycles. The second kappa shape index (κ2) is 5.10. The van der Waals surface area contributed by atoms with E-state index in [-0.39, 0.29) is 0 Å². The molecule has 0 bridgehead atoms. The van der Waals surface area contributed by atoms with E-state index in [1.807, 2.05) is 30.0 Å². The second-order valence-electron chi connectivity index (χ2n) is 3.62. The SMILES string of the molecule is NCCN(c1ccccc1Cl)C1CSC1. The largest absolute Gasteiger partial charge is 0.364 e. The molecule has 2 N–H and O–H groups in total. The first-order valence-corrected chi connectivity index (χ1v) is 6.65. The van der Waals surface area contributed by atoms with Crippen molar-refractivity contribution < 1.29 is 0 Å². The third-order valence-electron chi connectivity index (χ3n) is 2.59. The molecule has 4 heteroatoms. The number of nitrogens with two attached hydrogens (primary N) is 1. The number of rotatable bonds is 4. The molecule has 1 fully saturated rings. The van der Waals surface area contributed by atoms with Crippen LogP contribution >= 0.6 is 23.4 Å². The van der Waals surface area contributed by atoms with Crippen LogP contribution < -0.4 is 10.6 Å². The molecule has 0 unspecified atom stereocenters. The Balaban J connectivity index is 2.19. The molecule has 1 aliphatic heterocycles. The zero-order chi connectivity index (χ0) is 10.7. The van der Waals surface area contributed by atoms with Gasteiger partial charge in [0, 0.05) is 30.6 Å². The number of para-hydroxylation sites is 1. The van der Waals surface area contributed by atoms with Gasteiger partial charge in [0.05, 0.1) is 10.7 Å². The van der Waals surface area contributed by atoms with Crippen LogP contribution in [0.2, 0.25) is 5.02 Å². The molecule has 0 radical (unpaired) electrons. The molecule has 0 atom stereocenters. The van der Waals surface area contributed by atoms with Crippen LogP contribution in [0.5, 0.6) is 0 Å². The molecule has 1 aromatic rings. The van der Waals surface area contributed by atoms with E-state index in [4.69, 9.17) is 17.3 Å². The van der Waals surface area contributed by atoms with Crippen molar-refractivity contribution >= 4 is 29.1 Å². The van der Waals surface area contributed by atoms with E-state index in [9.17, 15) is 0 Å². The molecule has 2 nitrogen and oxygen atoms in total. The van der Waals surface area contributed by atoms with E-state index in [0.717, 1.165) is 17.3 Å². The molecule has 2 rings (SSSR count). The van der Waals surface area contributed by atoms with Crippen molar-refractivity contribution in [1.29, 1.82) is 0 Å². The molecular formula is C11H15ClN2S. The molecule has 0 aliphatic carbocycles. The number of halogens is 1. The van der Waals surface area contributed by atoms with Crippen molar-refractivity contribution in [3.05, 3.63) is 29.3 Å². The van der Waals surface area contributed by atoms with Gasteiger partial charge in [-0.15, -0.1) is 0 Å². The third-order valence-corrected chi connectivity index (χ3v) is 4.15. The Bertz CT molecular complexity index is 328. The van der Waals surface area contributed by atoms with Crippen LogP contribution in [0.3, 0.4) is 0 Å². The van der Waals surface area contributed by atoms with Gasteiger partial charge in [-0.3, -0.25) is 0 Å². The summed E-state index contributed by atoms with van der Waals surface area (Å²) in [5.74, 6) is 2.37. The topological polar surface area (TPSA) is 29.3 Å². The number of hydrogen-bond donors (Lipinski definition) is 1. The Kier molecular flexibility index (Phi) is 3.78. The summed E-state index contributed by atoms with van der Waals surface area (Å²) >= 11 is 8.16. The summed E-state index contributed by atoms with van der Waals surface area (Å²) < 4.78 is 0. The fraction of sp³-hybridized carbons (Fsp3) is 0.455. The molecule has 1 saturated heterocycles. The van der Waals surface area contributed by atoms with Crippen LogP contribution in [0.15, 0.2) is 24.3 Å². The molecule has 15 heavy (non-hydrogen) atoms. The van der Waals surface area contributed by atoms with Gasteiger partial charge in [-0.05, 0) is 12.1 Å². The lowest BCUT2D eigenvalue weighted by Gasteiger charge is -2.39. The van der Waals surface area contributed by atoms with Crippen LogP contribution in [0.1, 0.15) is 0 Å². The molecule has 1 aliphatic rings. The quantitative estimate of drug-likeness (QED) is 0.878. The van der Waals surface area contributed by atoms with E-state index < -0.39 is 0 Å². The fourth-order valence-corrected chi connectivity index (χ4v) is 2.78. The number of hydrogen-bond acceptors (Lipinski definition) is 3. The molecule has 0 saturated carbocycles. The predicted molar refractivity (Wildman–Crippen MR) is 69.0 cm³/mol. The fourth-order valence-electron chi connectivity index (χ4n) is 1.73. The molecule has 82 valence electrons. The Hall–Kier alpha value is -0.380. The summed E-state index contributed by atoms with van der Waals surface area (Å²) in [4.78, 5) is 2.33. The number of benzene rings is 1. The lowest BCUT2D eigenvalue weighted by Crippen LogP contribution is -2.46. The zero-order valence-electron chi connectivity index (χ0n) is 8.53. The van der Waals surface area contributed by atoms with Gasteiger partial charge in [0.1, 0.15) is 0 Å². The van der Waals surface area contributed by atoms with E-state index in [0.29, 0.717) is 12.6 Å². The molecular weight excluding hydrogens is 228 g/mol. The van der Waals surface area contributed by atoms with Crippen molar-refractivity contribution in [2.75, 3.05) is 29.5 Å². The maximum absolute atomic E-state index is 6.19. The highest BCUT2D eigenvalue weighted by Crippen LogP contribution is 2.32. The Morgan fingerprint density at radius 3 is 2.67 bits per heavy atom. The number of nitrogens with zero attached hydrogens (tertiary/aromatic N) is 1. The van der Waals surface area contributed by atoms with Gasteiger partial charge in [0.25, 0.3) is 0 Å². The van der Waals surface area contributed by atoms with E-state index in [1.165, 1.54) is 11.5 Å². The zero-order valence-corrected chi connectivity index (χ0v) is 10.1. The van der Waals surface area contributed by atoms with Gasteiger partial charge in [0.15, 0.2) is 0 Å². The van der Waals surface area contributed by atoms with Gasteiger partial charge in [0.2, 0.25) is 0 Å². The highest BCUT2D eigenvalue weighted by molar-refractivity contribution is 8.00. The molecule has 1 heterocycles. The van der Waals surface area contributed by atoms with Crippen LogP contribution in [-0.4, -0.2) is 30.6 Å². The van der Waals surface area contributed by atoms with Crippen molar-refractivity contribution in [3.8, 4) is 0 Å². The first-order valence-electron chi connectivity index (χ1n) is 5.12. The highest BCUT2D eigenvalue weighted by Gasteiger charge is 2.26. The summed E-state index contributed by atoms with van der Waals surface area (Å²) in [5.41, 5.74) is 6.76. The van der Waals surface area contributed by atoms with Crippen molar-refractivity contribution in [2.24, 2.45) is 5.73 Å². The maximum atomic E-state index is 6.19. The Morgan fingerprint density at radius 2 is 2.13 bits per heavy atom. The predicted octanol–water partition coefficient (Wildman–Crippen LogP) is 2.22. The first-order chi connectivity index (χ1) is 7.33. The van der Waals surface area contributed by atoms with Crippen LogP contribution in [0, 0.1) is 0 Å². The smallest absolute Gasteiger partial charge is 0.0639 e. The summed E-state index contributed by atoms with van der Waals surface area (Å²) in [6.45, 7) is 1.56. The molecule has 1 aromatic carbocycles. The maximum Gasteiger partial charge on any atom is 0.0639 e. The Morgan fingerprint density at radius 1 is 1.40 bits per heavy atom. The standard InChI is InChI=1S/C11H15ClN2S/c12-10-3-1-2-4-11(10)14(6-5-13)9-7-15-8-9/h1-4,9H,5-8,13H2. The van der Waals surface area contributed by atoms with Gasteiger partial charge >= 0.3 is 0 Å². The van der Waals surface area contributed by atoms with E-state index in [2.05, 4.69) is 11.0 Å². The average Bonchev–Trinajstić information content (AvgIpc) is 2.15. The van der Waals surface area contributed by atoms with Crippen LogP contribution in [0.25, 0.3) is 0 Å². The van der Waals surface area contributed by atoms with Crippen LogP contribution in [0.4, 0.5) is 5.69 Å². The Labute approximate surface area is 99.8 Å². The normalized spacial score (nSPS) is 16.1. The molecule has 0 amide bonds. The minimum absolute atomic E-state index is 0.610. The highest BCUT2D eigenvalue weighted by atomic mass is 35.5. The summed E-state index contributed by atoms with van der Waals surface area (Å²) in [6, 6.07) is 8.60. The van der Waals surface area contributed by atoms with E-state index in [1.54, 1.807) is 0 Å². The number of anilines is 1. The van der Waals surface area contributed by atoms with Gasteiger partial charge in [-0.25, -0.2) is 0 Å². The summed E-state index contributed by atoms with van der Waals surface area (Å²) in [5, 5.41) is 0.822. The van der Waals surface area contributed by atoms with Gasteiger partial charge in [-0.2, -0.15) is 11.8 Å². The summed E-state index contributed by atoms with van der Waals surface area (Å²) in [7, 11) is 0. The van der Waals surface area contributed by atoms with Crippen molar-refractivity contribution in [2.45, 2.75) is 6.04 Å².